The Bertz CT molecular complexity index is 104. The molecule has 0 saturated carbocycles. The van der Waals surface area contributed by atoms with Crippen molar-refractivity contribution in [2.24, 2.45) is 0 Å². The Balaban J connectivity index is 3.53. The lowest BCUT2D eigenvalue weighted by Gasteiger charge is -2.21. The molecule has 13 heavy (non-hydrogen) atoms. The molecule has 0 bridgehead atoms. The average molecular weight is 187 g/mol. The Hall–Kier alpha value is -0.0800. The summed E-state index contributed by atoms with van der Waals surface area (Å²) in [5, 5.41) is 9.17. The standard InChI is InChI=1S/C11H25NO/c1-4-6-9-12(8-5-2)10-7-11(3)13/h11,13H,4-10H2,1-3H3. The first kappa shape index (κ1) is 12.9. The van der Waals surface area contributed by atoms with E-state index in [9.17, 15) is 0 Å². The number of unbranched alkanes of at least 4 members (excludes halogenated alkanes) is 1. The third kappa shape index (κ3) is 8.26. The number of aliphatic hydroxyl groups is 1. The molecule has 2 heteroatoms. The molecule has 0 heterocycles. The van der Waals surface area contributed by atoms with Gasteiger partial charge in [0.25, 0.3) is 0 Å². The van der Waals surface area contributed by atoms with Crippen molar-refractivity contribution in [2.45, 2.75) is 52.6 Å². The summed E-state index contributed by atoms with van der Waals surface area (Å²) in [4.78, 5) is 2.45. The highest BCUT2D eigenvalue weighted by Crippen LogP contribution is 2.00. The first-order valence-electron chi connectivity index (χ1n) is 5.61. The molecule has 0 spiro atoms. The smallest absolute Gasteiger partial charge is 0.0524 e. The zero-order chi connectivity index (χ0) is 10.1. The van der Waals surface area contributed by atoms with E-state index in [1.54, 1.807) is 0 Å². The summed E-state index contributed by atoms with van der Waals surface area (Å²) in [6.45, 7) is 9.71. The maximum Gasteiger partial charge on any atom is 0.0524 e. The van der Waals surface area contributed by atoms with Crippen LogP contribution in [0.3, 0.4) is 0 Å². The van der Waals surface area contributed by atoms with Gasteiger partial charge in [0.15, 0.2) is 0 Å². The van der Waals surface area contributed by atoms with Gasteiger partial charge < -0.3 is 10.0 Å². The minimum absolute atomic E-state index is 0.152. The average Bonchev–Trinajstić information content (AvgIpc) is 2.09. The van der Waals surface area contributed by atoms with E-state index in [0.29, 0.717) is 0 Å². The topological polar surface area (TPSA) is 23.5 Å². The van der Waals surface area contributed by atoms with Crippen molar-refractivity contribution in [3.8, 4) is 0 Å². The van der Waals surface area contributed by atoms with Gasteiger partial charge in [-0.1, -0.05) is 20.3 Å². The molecule has 1 N–H and O–H groups in total. The second-order valence-electron chi connectivity index (χ2n) is 3.83. The summed E-state index contributed by atoms with van der Waals surface area (Å²) < 4.78 is 0. The Morgan fingerprint density at radius 3 is 2.23 bits per heavy atom. The fourth-order valence-electron chi connectivity index (χ4n) is 1.40. The number of nitrogens with zero attached hydrogens (tertiary/aromatic N) is 1. The number of hydrogen-bond donors (Lipinski definition) is 1. The van der Waals surface area contributed by atoms with E-state index >= 15 is 0 Å². The molecule has 0 aromatic heterocycles. The van der Waals surface area contributed by atoms with E-state index in [1.165, 1.54) is 32.4 Å². The number of hydrogen-bond acceptors (Lipinski definition) is 2. The quantitative estimate of drug-likeness (QED) is 0.630. The summed E-state index contributed by atoms with van der Waals surface area (Å²) in [7, 11) is 0. The van der Waals surface area contributed by atoms with Crippen molar-refractivity contribution in [3.05, 3.63) is 0 Å². The Morgan fingerprint density at radius 1 is 1.08 bits per heavy atom. The van der Waals surface area contributed by atoms with E-state index in [1.807, 2.05) is 6.92 Å². The maximum atomic E-state index is 9.17. The van der Waals surface area contributed by atoms with Crippen LogP contribution in [-0.4, -0.2) is 35.7 Å². The van der Waals surface area contributed by atoms with E-state index in [0.717, 1.165) is 13.0 Å². The van der Waals surface area contributed by atoms with E-state index in [-0.39, 0.29) is 6.10 Å². The Morgan fingerprint density at radius 2 is 1.77 bits per heavy atom. The Labute approximate surface area is 82.9 Å². The highest BCUT2D eigenvalue weighted by molar-refractivity contribution is 4.59. The van der Waals surface area contributed by atoms with Gasteiger partial charge in [-0.25, -0.2) is 0 Å². The van der Waals surface area contributed by atoms with E-state index in [4.69, 9.17) is 5.11 Å². The molecule has 2 nitrogen and oxygen atoms in total. The zero-order valence-electron chi connectivity index (χ0n) is 9.42. The second-order valence-corrected chi connectivity index (χ2v) is 3.83. The SMILES string of the molecule is CCCCN(CCC)CCC(C)O. The first-order chi connectivity index (χ1) is 6.20. The van der Waals surface area contributed by atoms with Gasteiger partial charge in [0.1, 0.15) is 0 Å². The van der Waals surface area contributed by atoms with Gasteiger partial charge in [-0.15, -0.1) is 0 Å². The molecule has 0 aliphatic heterocycles. The van der Waals surface area contributed by atoms with Crippen molar-refractivity contribution in [1.82, 2.24) is 4.90 Å². The van der Waals surface area contributed by atoms with Gasteiger partial charge in [0.05, 0.1) is 6.10 Å². The van der Waals surface area contributed by atoms with Crippen molar-refractivity contribution in [2.75, 3.05) is 19.6 Å². The van der Waals surface area contributed by atoms with Crippen molar-refractivity contribution in [1.29, 1.82) is 0 Å². The molecule has 0 aromatic rings. The van der Waals surface area contributed by atoms with Gasteiger partial charge in [-0.2, -0.15) is 0 Å². The van der Waals surface area contributed by atoms with Crippen LogP contribution in [0.15, 0.2) is 0 Å². The minimum atomic E-state index is -0.152. The third-order valence-corrected chi connectivity index (χ3v) is 2.23. The van der Waals surface area contributed by atoms with Crippen molar-refractivity contribution >= 4 is 0 Å². The predicted molar refractivity (Wildman–Crippen MR) is 57.9 cm³/mol. The van der Waals surface area contributed by atoms with Crippen LogP contribution in [0.2, 0.25) is 0 Å². The molecule has 80 valence electrons. The molecule has 0 amide bonds. The lowest BCUT2D eigenvalue weighted by molar-refractivity contribution is 0.155. The molecule has 0 aliphatic rings. The summed E-state index contributed by atoms with van der Waals surface area (Å²) in [6.07, 6.45) is 4.50. The molecule has 0 radical (unpaired) electrons. The van der Waals surface area contributed by atoms with Crippen LogP contribution >= 0.6 is 0 Å². The maximum absolute atomic E-state index is 9.17. The van der Waals surface area contributed by atoms with Crippen LogP contribution in [0, 0.1) is 0 Å². The summed E-state index contributed by atoms with van der Waals surface area (Å²) in [5.41, 5.74) is 0. The number of aliphatic hydroxyl groups excluding tert-OH is 1. The van der Waals surface area contributed by atoms with E-state index in [2.05, 4.69) is 18.7 Å². The van der Waals surface area contributed by atoms with Crippen LogP contribution in [0.25, 0.3) is 0 Å². The van der Waals surface area contributed by atoms with Crippen LogP contribution < -0.4 is 0 Å². The normalized spacial score (nSPS) is 13.6. The Kier molecular flexibility index (Phi) is 8.46. The van der Waals surface area contributed by atoms with Crippen LogP contribution in [0.5, 0.6) is 0 Å². The van der Waals surface area contributed by atoms with Gasteiger partial charge in [-0.3, -0.25) is 0 Å². The third-order valence-electron chi connectivity index (χ3n) is 2.23. The van der Waals surface area contributed by atoms with Gasteiger partial charge >= 0.3 is 0 Å². The van der Waals surface area contributed by atoms with Crippen LogP contribution in [0.1, 0.15) is 46.5 Å². The summed E-state index contributed by atoms with van der Waals surface area (Å²) in [6, 6.07) is 0. The molecule has 0 rings (SSSR count). The monoisotopic (exact) mass is 187 g/mol. The molecule has 1 atom stereocenters. The number of rotatable bonds is 8. The predicted octanol–water partition coefficient (Wildman–Crippen LogP) is 2.27. The van der Waals surface area contributed by atoms with Crippen molar-refractivity contribution in [3.63, 3.8) is 0 Å². The first-order valence-corrected chi connectivity index (χ1v) is 5.61. The van der Waals surface area contributed by atoms with Gasteiger partial charge in [0.2, 0.25) is 0 Å². The fourth-order valence-corrected chi connectivity index (χ4v) is 1.40. The van der Waals surface area contributed by atoms with Gasteiger partial charge in [-0.05, 0) is 39.3 Å². The molecular formula is C11H25NO. The lowest BCUT2D eigenvalue weighted by Crippen LogP contribution is -2.28. The van der Waals surface area contributed by atoms with Crippen LogP contribution in [0.4, 0.5) is 0 Å². The highest BCUT2D eigenvalue weighted by Gasteiger charge is 2.04. The molecular weight excluding hydrogens is 162 g/mol. The summed E-state index contributed by atoms with van der Waals surface area (Å²) >= 11 is 0. The van der Waals surface area contributed by atoms with Crippen molar-refractivity contribution < 1.29 is 5.11 Å². The minimum Gasteiger partial charge on any atom is -0.393 e. The molecule has 0 aliphatic carbocycles. The second kappa shape index (κ2) is 8.52. The van der Waals surface area contributed by atoms with Gasteiger partial charge in [0, 0.05) is 6.54 Å². The fraction of sp³-hybridized carbons (Fsp3) is 1.00. The lowest BCUT2D eigenvalue weighted by atomic mass is 10.2. The molecule has 1 unspecified atom stereocenters. The molecule has 0 fully saturated rings. The molecule has 0 aromatic carbocycles. The van der Waals surface area contributed by atoms with Crippen LogP contribution in [-0.2, 0) is 0 Å². The molecule has 0 saturated heterocycles. The van der Waals surface area contributed by atoms with E-state index < -0.39 is 0 Å². The summed E-state index contributed by atoms with van der Waals surface area (Å²) in [5.74, 6) is 0. The largest absolute Gasteiger partial charge is 0.393 e. The zero-order valence-corrected chi connectivity index (χ0v) is 9.42. The highest BCUT2D eigenvalue weighted by atomic mass is 16.3.